The summed E-state index contributed by atoms with van der Waals surface area (Å²) < 4.78 is 0. The molecule has 0 aliphatic rings. The van der Waals surface area contributed by atoms with Gasteiger partial charge >= 0.3 is 29.6 Å². The molecule has 1 rings (SSSR count). The van der Waals surface area contributed by atoms with Crippen molar-refractivity contribution in [3.05, 3.63) is 47.2 Å². The van der Waals surface area contributed by atoms with Crippen LogP contribution in [0, 0.1) is 13.8 Å². The Kier molecular flexibility index (Phi) is 5.77. The van der Waals surface area contributed by atoms with Crippen LogP contribution < -0.4 is 34.7 Å². The number of rotatable bonds is 2. The fourth-order valence-electron chi connectivity index (χ4n) is 1.35. The maximum absolute atomic E-state index is 11.4. The molecule has 0 saturated carbocycles. The summed E-state index contributed by atoms with van der Waals surface area (Å²) in [5.41, 5.74) is 2.45. The molecule has 0 atom stereocenters. The van der Waals surface area contributed by atoms with Crippen LogP contribution in [0.15, 0.2) is 30.5 Å². The summed E-state index contributed by atoms with van der Waals surface area (Å²) >= 11 is 0. The van der Waals surface area contributed by atoms with E-state index in [0.717, 1.165) is 17.2 Å². The van der Waals surface area contributed by atoms with E-state index in [1.165, 1.54) is 0 Å². The van der Waals surface area contributed by atoms with Crippen LogP contribution in [0.1, 0.15) is 21.5 Å². The molecule has 0 heterocycles. The second-order valence-electron chi connectivity index (χ2n) is 2.93. The molecule has 0 aliphatic carbocycles. The van der Waals surface area contributed by atoms with E-state index in [2.05, 4.69) is 0 Å². The first-order valence-electron chi connectivity index (χ1n) is 4.06. The number of aryl methyl sites for hydroxylation is 2. The summed E-state index contributed by atoms with van der Waals surface area (Å²) in [4.78, 5) is 11.4. The van der Waals surface area contributed by atoms with Crippen molar-refractivity contribution in [1.82, 2.24) is 0 Å². The Morgan fingerprint density at radius 3 is 2.21 bits per heavy atom. The fraction of sp³-hybridized carbons (Fsp3) is 0.182. The van der Waals surface area contributed by atoms with Gasteiger partial charge in [0.15, 0.2) is 5.78 Å². The summed E-state index contributed by atoms with van der Waals surface area (Å²) in [7, 11) is 0. The number of carbonyl (C=O) groups is 1. The molecule has 0 aromatic heterocycles. The molecular formula is C11H11NaO2. The Morgan fingerprint density at radius 2 is 1.79 bits per heavy atom. The van der Waals surface area contributed by atoms with E-state index in [1.54, 1.807) is 0 Å². The van der Waals surface area contributed by atoms with Crippen LogP contribution >= 0.6 is 0 Å². The fourth-order valence-corrected chi connectivity index (χ4v) is 1.35. The van der Waals surface area contributed by atoms with Crippen LogP contribution in [0.25, 0.3) is 0 Å². The second-order valence-corrected chi connectivity index (χ2v) is 2.93. The Hall–Kier alpha value is -0.570. The van der Waals surface area contributed by atoms with Crippen LogP contribution in [-0.2, 0) is 0 Å². The van der Waals surface area contributed by atoms with Crippen LogP contribution in [0.3, 0.4) is 0 Å². The van der Waals surface area contributed by atoms with Crippen LogP contribution in [0.2, 0.25) is 0 Å². The zero-order valence-electron chi connectivity index (χ0n) is 8.70. The van der Waals surface area contributed by atoms with Gasteiger partial charge in [-0.15, -0.1) is 6.26 Å². The molecular weight excluding hydrogens is 187 g/mol. The van der Waals surface area contributed by atoms with E-state index >= 15 is 0 Å². The van der Waals surface area contributed by atoms with Gasteiger partial charge in [-0.1, -0.05) is 18.2 Å². The zero-order chi connectivity index (χ0) is 9.84. The van der Waals surface area contributed by atoms with E-state index in [4.69, 9.17) is 0 Å². The van der Waals surface area contributed by atoms with Gasteiger partial charge in [0.25, 0.3) is 0 Å². The number of allylic oxidation sites excluding steroid dienone is 1. The van der Waals surface area contributed by atoms with Crippen molar-refractivity contribution in [2.45, 2.75) is 13.8 Å². The Bertz CT molecular complexity index is 336. The quantitative estimate of drug-likeness (QED) is 0.247. The van der Waals surface area contributed by atoms with Gasteiger partial charge in [-0.3, -0.25) is 4.79 Å². The topological polar surface area (TPSA) is 40.1 Å². The Balaban J connectivity index is 0.00000169. The summed E-state index contributed by atoms with van der Waals surface area (Å²) in [6.07, 6.45) is 1.57. The van der Waals surface area contributed by atoms with Crippen molar-refractivity contribution in [2.24, 2.45) is 0 Å². The average molecular weight is 198 g/mol. The molecule has 14 heavy (non-hydrogen) atoms. The smallest absolute Gasteiger partial charge is 0.878 e. The number of hydrogen-bond acceptors (Lipinski definition) is 2. The maximum Gasteiger partial charge on any atom is 1.00 e. The molecule has 0 N–H and O–H groups in total. The molecule has 0 amide bonds. The molecule has 0 aliphatic heterocycles. The number of hydrogen-bond donors (Lipinski definition) is 0. The molecule has 0 unspecified atom stereocenters. The Labute approximate surface area is 106 Å². The minimum absolute atomic E-state index is 0. The van der Waals surface area contributed by atoms with Crippen molar-refractivity contribution in [3.63, 3.8) is 0 Å². The minimum atomic E-state index is -0.217. The monoisotopic (exact) mass is 198 g/mol. The zero-order valence-corrected chi connectivity index (χ0v) is 10.7. The standard InChI is InChI=1S/C11H12O2.Na/c1-8-4-3-5-9(2)11(8)10(13)6-7-12;/h3-7,12H,1-2H3;/q;+1/p-1/b7-6+;. The molecule has 0 saturated heterocycles. The SMILES string of the molecule is Cc1cccc(C)c1C(=O)/C=C/[O-].[Na+]. The minimum Gasteiger partial charge on any atom is -0.878 e. The van der Waals surface area contributed by atoms with Gasteiger partial charge in [0.05, 0.1) is 0 Å². The third-order valence-electron chi connectivity index (χ3n) is 1.95. The van der Waals surface area contributed by atoms with E-state index in [1.807, 2.05) is 32.0 Å². The molecule has 68 valence electrons. The van der Waals surface area contributed by atoms with E-state index in [-0.39, 0.29) is 35.3 Å². The molecule has 1 aromatic carbocycles. The molecule has 0 fully saturated rings. The van der Waals surface area contributed by atoms with Gasteiger partial charge in [0.1, 0.15) is 0 Å². The maximum atomic E-state index is 11.4. The molecule has 1 aromatic rings. The first-order chi connectivity index (χ1) is 6.16. The largest absolute Gasteiger partial charge is 1.00 e. The number of benzene rings is 1. The summed E-state index contributed by atoms with van der Waals surface area (Å²) in [5.74, 6) is -0.217. The predicted octanol–water partition coefficient (Wildman–Crippen LogP) is -1.64. The van der Waals surface area contributed by atoms with Crippen LogP contribution in [-0.4, -0.2) is 5.78 Å². The first kappa shape index (κ1) is 13.4. The van der Waals surface area contributed by atoms with E-state index < -0.39 is 0 Å². The molecule has 0 radical (unpaired) electrons. The van der Waals surface area contributed by atoms with E-state index in [9.17, 15) is 9.90 Å². The average Bonchev–Trinajstić information content (AvgIpc) is 2.04. The van der Waals surface area contributed by atoms with Gasteiger partial charge in [-0.05, 0) is 31.1 Å². The van der Waals surface area contributed by atoms with Gasteiger partial charge < -0.3 is 5.11 Å². The predicted molar refractivity (Wildman–Crippen MR) is 49.4 cm³/mol. The van der Waals surface area contributed by atoms with Crippen molar-refractivity contribution < 1.29 is 39.5 Å². The molecule has 3 heteroatoms. The second kappa shape index (κ2) is 6.02. The van der Waals surface area contributed by atoms with Gasteiger partial charge in [-0.25, -0.2) is 0 Å². The van der Waals surface area contributed by atoms with Crippen LogP contribution in [0.4, 0.5) is 0 Å². The normalized spacial score (nSPS) is 9.86. The number of carbonyl (C=O) groups excluding carboxylic acids is 1. The van der Waals surface area contributed by atoms with Crippen molar-refractivity contribution in [1.29, 1.82) is 0 Å². The summed E-state index contributed by atoms with van der Waals surface area (Å²) in [6, 6.07) is 5.61. The van der Waals surface area contributed by atoms with Crippen LogP contribution in [0.5, 0.6) is 0 Å². The third kappa shape index (κ3) is 2.98. The van der Waals surface area contributed by atoms with Gasteiger partial charge in [0, 0.05) is 5.56 Å². The summed E-state index contributed by atoms with van der Waals surface area (Å²) in [6.45, 7) is 3.72. The van der Waals surface area contributed by atoms with Gasteiger partial charge in [0.2, 0.25) is 0 Å². The van der Waals surface area contributed by atoms with Gasteiger partial charge in [-0.2, -0.15) is 0 Å². The van der Waals surface area contributed by atoms with E-state index in [0.29, 0.717) is 11.8 Å². The summed E-state index contributed by atoms with van der Waals surface area (Å²) in [5, 5.41) is 10.1. The van der Waals surface area contributed by atoms with Crippen molar-refractivity contribution in [3.8, 4) is 0 Å². The molecule has 0 spiro atoms. The molecule has 0 bridgehead atoms. The first-order valence-corrected chi connectivity index (χ1v) is 4.06. The third-order valence-corrected chi connectivity index (χ3v) is 1.95. The molecule has 2 nitrogen and oxygen atoms in total. The van der Waals surface area contributed by atoms with Crippen molar-refractivity contribution in [2.75, 3.05) is 0 Å². The Morgan fingerprint density at radius 1 is 1.29 bits per heavy atom. The van der Waals surface area contributed by atoms with Crippen molar-refractivity contribution >= 4 is 5.78 Å². The number of ketones is 1.